The molecule has 1 atom stereocenters. The van der Waals surface area contributed by atoms with Crippen molar-refractivity contribution < 1.29 is 9.59 Å². The van der Waals surface area contributed by atoms with Crippen LogP contribution < -0.4 is 10.2 Å². The first-order valence-corrected chi connectivity index (χ1v) is 9.58. The van der Waals surface area contributed by atoms with Crippen LogP contribution in [-0.4, -0.2) is 29.4 Å². The average Bonchev–Trinajstić information content (AvgIpc) is 2.78. The number of nitriles is 1. The summed E-state index contributed by atoms with van der Waals surface area (Å²) >= 11 is 0. The van der Waals surface area contributed by atoms with E-state index in [-0.39, 0.29) is 24.4 Å². The molecule has 30 heavy (non-hydrogen) atoms. The van der Waals surface area contributed by atoms with Crippen molar-refractivity contribution in [3.63, 3.8) is 0 Å². The van der Waals surface area contributed by atoms with Gasteiger partial charge in [-0.05, 0) is 62.4 Å². The van der Waals surface area contributed by atoms with E-state index in [0.717, 1.165) is 5.56 Å². The summed E-state index contributed by atoms with van der Waals surface area (Å²) < 4.78 is 0. The maximum absolute atomic E-state index is 13.2. The first-order chi connectivity index (χ1) is 14.5. The summed E-state index contributed by atoms with van der Waals surface area (Å²) in [7, 11) is 0. The Morgan fingerprint density at radius 1 is 1.03 bits per heavy atom. The number of hydrogen-bond donors (Lipinski definition) is 1. The molecule has 0 aliphatic heterocycles. The molecule has 0 saturated heterocycles. The zero-order valence-electron chi connectivity index (χ0n) is 16.9. The summed E-state index contributed by atoms with van der Waals surface area (Å²) in [5.74, 6) is 0.0345. The first-order valence-electron chi connectivity index (χ1n) is 9.58. The van der Waals surface area contributed by atoms with E-state index in [9.17, 15) is 9.59 Å². The molecule has 1 N–H and O–H groups in total. The van der Waals surface area contributed by atoms with Gasteiger partial charge in [-0.3, -0.25) is 14.5 Å². The lowest BCUT2D eigenvalue weighted by Crippen LogP contribution is -2.44. The van der Waals surface area contributed by atoms with Crippen LogP contribution in [0.5, 0.6) is 0 Å². The minimum absolute atomic E-state index is 0.200. The van der Waals surface area contributed by atoms with Crippen molar-refractivity contribution in [3.05, 3.63) is 95.2 Å². The second kappa shape index (κ2) is 9.48. The molecule has 0 aliphatic rings. The lowest BCUT2D eigenvalue weighted by Gasteiger charge is -2.26. The van der Waals surface area contributed by atoms with Gasteiger partial charge in [0, 0.05) is 29.9 Å². The van der Waals surface area contributed by atoms with Crippen molar-refractivity contribution in [1.82, 2.24) is 10.3 Å². The Balaban J connectivity index is 1.78. The van der Waals surface area contributed by atoms with Gasteiger partial charge >= 0.3 is 0 Å². The Bertz CT molecular complexity index is 1060. The number of amides is 2. The number of rotatable bonds is 6. The zero-order chi connectivity index (χ0) is 21.5. The highest BCUT2D eigenvalue weighted by Gasteiger charge is 2.22. The normalized spacial score (nSPS) is 11.2. The summed E-state index contributed by atoms with van der Waals surface area (Å²) in [5, 5.41) is 11.9. The van der Waals surface area contributed by atoms with E-state index in [4.69, 9.17) is 5.26 Å². The van der Waals surface area contributed by atoms with Crippen molar-refractivity contribution in [3.8, 4) is 6.07 Å². The van der Waals surface area contributed by atoms with Crippen LogP contribution in [0.25, 0.3) is 0 Å². The molecule has 3 aromatic rings. The fraction of sp³-hybridized carbons (Fsp3) is 0.167. The SMILES string of the molecule is Cc1ccc(C(=O)N[C@H](C)CN(C(=O)c2ccc(C#N)cc2)c2ccccn2)cc1. The first kappa shape index (κ1) is 20.7. The van der Waals surface area contributed by atoms with Crippen LogP contribution in [-0.2, 0) is 0 Å². The Hall–Kier alpha value is -3.98. The number of nitrogens with zero attached hydrogens (tertiary/aromatic N) is 3. The summed E-state index contributed by atoms with van der Waals surface area (Å²) in [6, 6.07) is 20.8. The molecule has 0 unspecified atom stereocenters. The van der Waals surface area contributed by atoms with Gasteiger partial charge in [0.15, 0.2) is 0 Å². The number of nitrogens with one attached hydrogen (secondary N) is 1. The van der Waals surface area contributed by atoms with Gasteiger partial charge in [-0.2, -0.15) is 5.26 Å². The smallest absolute Gasteiger partial charge is 0.259 e. The summed E-state index contributed by atoms with van der Waals surface area (Å²) in [5.41, 5.74) is 2.57. The van der Waals surface area contributed by atoms with Gasteiger partial charge in [0.05, 0.1) is 11.6 Å². The van der Waals surface area contributed by atoms with Gasteiger partial charge in [-0.15, -0.1) is 0 Å². The number of aryl methyl sites for hydroxylation is 1. The molecular weight excluding hydrogens is 376 g/mol. The number of anilines is 1. The topological polar surface area (TPSA) is 86.1 Å². The van der Waals surface area contributed by atoms with Crippen LogP contribution in [0, 0.1) is 18.3 Å². The molecule has 6 nitrogen and oxygen atoms in total. The van der Waals surface area contributed by atoms with Crippen molar-refractivity contribution in [2.24, 2.45) is 0 Å². The van der Waals surface area contributed by atoms with Crippen LogP contribution in [0.3, 0.4) is 0 Å². The monoisotopic (exact) mass is 398 g/mol. The maximum atomic E-state index is 13.2. The summed E-state index contributed by atoms with van der Waals surface area (Å²) in [4.78, 5) is 31.5. The minimum Gasteiger partial charge on any atom is -0.348 e. The quantitative estimate of drug-likeness (QED) is 0.686. The highest BCUT2D eigenvalue weighted by molar-refractivity contribution is 6.05. The van der Waals surface area contributed by atoms with E-state index in [2.05, 4.69) is 10.3 Å². The van der Waals surface area contributed by atoms with Gasteiger partial charge < -0.3 is 5.32 Å². The highest BCUT2D eigenvalue weighted by atomic mass is 16.2. The number of aromatic nitrogens is 1. The van der Waals surface area contributed by atoms with E-state index >= 15 is 0 Å². The van der Waals surface area contributed by atoms with Crippen LogP contribution in [0.1, 0.15) is 38.8 Å². The Labute approximate surface area is 175 Å². The van der Waals surface area contributed by atoms with E-state index in [0.29, 0.717) is 22.5 Å². The second-order valence-electron chi connectivity index (χ2n) is 7.03. The predicted molar refractivity (Wildman–Crippen MR) is 115 cm³/mol. The van der Waals surface area contributed by atoms with Crippen molar-refractivity contribution in [2.45, 2.75) is 19.9 Å². The maximum Gasteiger partial charge on any atom is 0.259 e. The van der Waals surface area contributed by atoms with Crippen molar-refractivity contribution in [2.75, 3.05) is 11.4 Å². The lowest BCUT2D eigenvalue weighted by atomic mass is 10.1. The highest BCUT2D eigenvalue weighted by Crippen LogP contribution is 2.16. The van der Waals surface area contributed by atoms with E-state index in [1.165, 1.54) is 4.90 Å². The van der Waals surface area contributed by atoms with Gasteiger partial charge in [0.25, 0.3) is 11.8 Å². The average molecular weight is 398 g/mol. The van der Waals surface area contributed by atoms with Gasteiger partial charge in [-0.25, -0.2) is 4.98 Å². The molecule has 0 fully saturated rings. The zero-order valence-corrected chi connectivity index (χ0v) is 16.9. The molecule has 150 valence electrons. The number of hydrogen-bond acceptors (Lipinski definition) is 4. The van der Waals surface area contributed by atoms with Crippen LogP contribution in [0.15, 0.2) is 72.9 Å². The lowest BCUT2D eigenvalue weighted by molar-refractivity contribution is 0.0927. The molecule has 0 aliphatic carbocycles. The number of carbonyl (C=O) groups excluding carboxylic acids is 2. The fourth-order valence-electron chi connectivity index (χ4n) is 2.97. The van der Waals surface area contributed by atoms with Crippen LogP contribution in [0.4, 0.5) is 5.82 Å². The van der Waals surface area contributed by atoms with E-state index in [1.807, 2.05) is 32.0 Å². The summed E-state index contributed by atoms with van der Waals surface area (Å²) in [6.07, 6.45) is 1.62. The Morgan fingerprint density at radius 3 is 2.30 bits per heavy atom. The molecule has 1 aromatic heterocycles. The molecule has 2 amide bonds. The molecule has 0 saturated carbocycles. The third-order valence-corrected chi connectivity index (χ3v) is 4.58. The van der Waals surface area contributed by atoms with E-state index < -0.39 is 0 Å². The fourth-order valence-corrected chi connectivity index (χ4v) is 2.97. The standard InChI is InChI=1S/C24H22N4O2/c1-17-6-10-20(11-7-17)23(29)27-18(2)16-28(22-5-3-4-14-26-22)24(30)21-12-8-19(15-25)9-13-21/h3-14,18H,16H2,1-2H3,(H,27,29)/t18-/m1/s1. The summed E-state index contributed by atoms with van der Waals surface area (Å²) in [6.45, 7) is 4.05. The van der Waals surface area contributed by atoms with Crippen LogP contribution >= 0.6 is 0 Å². The molecule has 0 spiro atoms. The number of pyridine rings is 1. The molecular formula is C24H22N4O2. The van der Waals surface area contributed by atoms with E-state index in [1.54, 1.807) is 60.8 Å². The van der Waals surface area contributed by atoms with Crippen molar-refractivity contribution in [1.29, 1.82) is 5.26 Å². The van der Waals surface area contributed by atoms with Crippen LogP contribution in [0.2, 0.25) is 0 Å². The third-order valence-electron chi connectivity index (χ3n) is 4.58. The van der Waals surface area contributed by atoms with Gasteiger partial charge in [-0.1, -0.05) is 23.8 Å². The number of benzene rings is 2. The predicted octanol–water partition coefficient (Wildman–Crippen LogP) is 3.73. The van der Waals surface area contributed by atoms with Crippen molar-refractivity contribution >= 4 is 17.6 Å². The molecule has 1 heterocycles. The molecule has 3 rings (SSSR count). The van der Waals surface area contributed by atoms with Gasteiger partial charge in [0.1, 0.15) is 5.82 Å². The molecule has 0 radical (unpaired) electrons. The third kappa shape index (κ3) is 5.09. The largest absolute Gasteiger partial charge is 0.348 e. The number of carbonyl (C=O) groups is 2. The Morgan fingerprint density at radius 2 is 1.70 bits per heavy atom. The molecule has 2 aromatic carbocycles. The molecule has 0 bridgehead atoms. The Kier molecular flexibility index (Phi) is 6.56. The second-order valence-corrected chi connectivity index (χ2v) is 7.03. The molecule has 6 heteroatoms. The van der Waals surface area contributed by atoms with Gasteiger partial charge in [0.2, 0.25) is 0 Å². The minimum atomic E-state index is -0.317.